The fraction of sp³-hybridized carbons (Fsp3) is 0.625. The van der Waals surface area contributed by atoms with Crippen molar-refractivity contribution in [3.63, 3.8) is 0 Å². The number of fused-ring (bicyclic) bond motifs is 3. The van der Waals surface area contributed by atoms with E-state index >= 15 is 0 Å². The van der Waals surface area contributed by atoms with Crippen LogP contribution in [0.5, 0.6) is 0 Å². The zero-order chi connectivity index (χ0) is 14.8. The first-order valence-electron chi connectivity index (χ1n) is 7.90. The molecule has 0 bridgehead atoms. The van der Waals surface area contributed by atoms with Crippen LogP contribution in [0.2, 0.25) is 0 Å². The Morgan fingerprint density at radius 2 is 2.05 bits per heavy atom. The lowest BCUT2D eigenvalue weighted by Gasteiger charge is -2.15. The highest BCUT2D eigenvalue weighted by Gasteiger charge is 2.22. The van der Waals surface area contributed by atoms with Gasteiger partial charge < -0.3 is 10.1 Å². The van der Waals surface area contributed by atoms with Crippen LogP contribution in [-0.2, 0) is 17.6 Å². The molecular formula is C16H23N3OS. The third kappa shape index (κ3) is 2.64. The monoisotopic (exact) mass is 305 g/mol. The molecule has 0 fully saturated rings. The molecule has 1 atom stereocenters. The van der Waals surface area contributed by atoms with E-state index in [4.69, 9.17) is 14.7 Å². The van der Waals surface area contributed by atoms with Crippen molar-refractivity contribution in [1.29, 1.82) is 0 Å². The summed E-state index contributed by atoms with van der Waals surface area (Å²) < 4.78 is 5.78. The van der Waals surface area contributed by atoms with E-state index in [1.807, 2.05) is 25.3 Å². The van der Waals surface area contributed by atoms with Gasteiger partial charge in [0.05, 0.1) is 5.39 Å². The average Bonchev–Trinajstić information content (AvgIpc) is 2.90. The van der Waals surface area contributed by atoms with Crippen molar-refractivity contribution in [2.24, 2.45) is 0 Å². The van der Waals surface area contributed by atoms with E-state index in [9.17, 15) is 0 Å². The van der Waals surface area contributed by atoms with E-state index in [1.54, 1.807) is 0 Å². The minimum atomic E-state index is -0.00868. The molecule has 0 saturated heterocycles. The summed E-state index contributed by atoms with van der Waals surface area (Å²) in [6.07, 6.45) is 5.82. The number of thiophene rings is 1. The summed E-state index contributed by atoms with van der Waals surface area (Å²) in [5.74, 6) is 1.78. The highest BCUT2D eigenvalue weighted by atomic mass is 32.1. The number of aryl methyl sites for hydroxylation is 2. The van der Waals surface area contributed by atoms with Crippen molar-refractivity contribution < 1.29 is 4.74 Å². The van der Waals surface area contributed by atoms with E-state index in [2.05, 4.69) is 12.2 Å². The minimum absolute atomic E-state index is 0.00868. The molecule has 0 spiro atoms. The Morgan fingerprint density at radius 1 is 1.24 bits per heavy atom. The van der Waals surface area contributed by atoms with Gasteiger partial charge >= 0.3 is 0 Å². The maximum absolute atomic E-state index is 5.78. The summed E-state index contributed by atoms with van der Waals surface area (Å²) in [6.45, 7) is 4.83. The summed E-state index contributed by atoms with van der Waals surface area (Å²) in [5.41, 5.74) is 1.47. The molecule has 3 rings (SSSR count). The van der Waals surface area contributed by atoms with Gasteiger partial charge in [0.1, 0.15) is 16.8 Å². The number of hydrogen-bond acceptors (Lipinski definition) is 5. The van der Waals surface area contributed by atoms with Crippen LogP contribution in [0.3, 0.4) is 0 Å². The SMILES string of the molecule is CCOC(CC)c1nc(NC)c2c3c(sc2n1)CCCC3. The van der Waals surface area contributed by atoms with Crippen LogP contribution < -0.4 is 5.32 Å². The summed E-state index contributed by atoms with van der Waals surface area (Å²) in [6, 6.07) is 0. The van der Waals surface area contributed by atoms with Crippen molar-refractivity contribution in [3.8, 4) is 0 Å². The van der Waals surface area contributed by atoms with Crippen LogP contribution in [0, 0.1) is 0 Å². The third-order valence-corrected chi connectivity index (χ3v) is 5.28. The van der Waals surface area contributed by atoms with E-state index in [-0.39, 0.29) is 6.10 Å². The van der Waals surface area contributed by atoms with Gasteiger partial charge in [-0.05, 0) is 44.6 Å². The van der Waals surface area contributed by atoms with Gasteiger partial charge in [-0.1, -0.05) is 6.92 Å². The Morgan fingerprint density at radius 3 is 2.76 bits per heavy atom. The van der Waals surface area contributed by atoms with Gasteiger partial charge in [-0.15, -0.1) is 11.3 Å². The lowest BCUT2D eigenvalue weighted by molar-refractivity contribution is 0.0538. The lowest BCUT2D eigenvalue weighted by Crippen LogP contribution is -2.10. The molecule has 5 heteroatoms. The number of hydrogen-bond donors (Lipinski definition) is 1. The fourth-order valence-electron chi connectivity index (χ4n) is 3.07. The van der Waals surface area contributed by atoms with Crippen LogP contribution in [0.1, 0.15) is 55.5 Å². The first kappa shape index (κ1) is 14.7. The third-order valence-electron chi connectivity index (χ3n) is 4.10. The van der Waals surface area contributed by atoms with Gasteiger partial charge in [-0.3, -0.25) is 0 Å². The molecule has 0 aromatic carbocycles. The van der Waals surface area contributed by atoms with Crippen molar-refractivity contribution in [1.82, 2.24) is 9.97 Å². The molecule has 1 aliphatic rings. The molecule has 21 heavy (non-hydrogen) atoms. The summed E-state index contributed by atoms with van der Waals surface area (Å²) in [5, 5.41) is 4.51. The Hall–Kier alpha value is -1.20. The minimum Gasteiger partial charge on any atom is -0.372 e. The molecule has 2 heterocycles. The van der Waals surface area contributed by atoms with Gasteiger partial charge in [-0.2, -0.15) is 0 Å². The van der Waals surface area contributed by atoms with Crippen LogP contribution in [0.25, 0.3) is 10.2 Å². The van der Waals surface area contributed by atoms with Gasteiger partial charge in [0.15, 0.2) is 5.82 Å². The molecule has 0 aliphatic heterocycles. The number of rotatable bonds is 5. The number of nitrogens with one attached hydrogen (secondary N) is 1. The normalized spacial score (nSPS) is 16.0. The van der Waals surface area contributed by atoms with Gasteiger partial charge in [0, 0.05) is 18.5 Å². The molecule has 0 radical (unpaired) electrons. The molecule has 114 valence electrons. The van der Waals surface area contributed by atoms with Crippen molar-refractivity contribution in [2.75, 3.05) is 19.0 Å². The van der Waals surface area contributed by atoms with Gasteiger partial charge in [-0.25, -0.2) is 9.97 Å². The molecule has 2 aromatic heterocycles. The highest BCUT2D eigenvalue weighted by molar-refractivity contribution is 7.19. The quantitative estimate of drug-likeness (QED) is 0.903. The van der Waals surface area contributed by atoms with Gasteiger partial charge in [0.25, 0.3) is 0 Å². The van der Waals surface area contributed by atoms with Crippen LogP contribution in [-0.4, -0.2) is 23.6 Å². The van der Waals surface area contributed by atoms with Gasteiger partial charge in [0.2, 0.25) is 0 Å². The van der Waals surface area contributed by atoms with E-state index in [0.717, 1.165) is 29.3 Å². The molecule has 1 unspecified atom stereocenters. The molecular weight excluding hydrogens is 282 g/mol. The molecule has 1 N–H and O–H groups in total. The molecule has 0 saturated carbocycles. The number of nitrogens with zero attached hydrogens (tertiary/aromatic N) is 2. The van der Waals surface area contributed by atoms with E-state index in [1.165, 1.54) is 35.1 Å². The van der Waals surface area contributed by atoms with Crippen LogP contribution in [0.15, 0.2) is 0 Å². The Balaban J connectivity index is 2.13. The predicted molar refractivity (Wildman–Crippen MR) is 88.3 cm³/mol. The first-order chi connectivity index (χ1) is 10.3. The molecule has 2 aromatic rings. The fourth-order valence-corrected chi connectivity index (χ4v) is 4.34. The smallest absolute Gasteiger partial charge is 0.161 e. The van der Waals surface area contributed by atoms with Crippen molar-refractivity contribution >= 4 is 27.4 Å². The number of anilines is 1. The van der Waals surface area contributed by atoms with Crippen molar-refractivity contribution in [3.05, 3.63) is 16.3 Å². The number of aromatic nitrogens is 2. The summed E-state index contributed by atoms with van der Waals surface area (Å²) in [4.78, 5) is 12.2. The Bertz CT molecular complexity index is 638. The summed E-state index contributed by atoms with van der Waals surface area (Å²) >= 11 is 1.84. The predicted octanol–water partition coefficient (Wildman–Crippen LogP) is 4.10. The van der Waals surface area contributed by atoms with Crippen LogP contribution >= 0.6 is 11.3 Å². The Labute approximate surface area is 129 Å². The largest absolute Gasteiger partial charge is 0.372 e. The maximum atomic E-state index is 5.78. The standard InChI is InChI=1S/C16H23N3OS/c1-4-11(20-5-2)14-18-15(17-3)13-10-8-6-7-9-12(10)21-16(13)19-14/h11H,4-9H2,1-3H3,(H,17,18,19). The topological polar surface area (TPSA) is 47.0 Å². The maximum Gasteiger partial charge on any atom is 0.161 e. The molecule has 1 aliphatic carbocycles. The van der Waals surface area contributed by atoms with Crippen LogP contribution in [0.4, 0.5) is 5.82 Å². The second-order valence-electron chi connectivity index (χ2n) is 5.42. The van der Waals surface area contributed by atoms with E-state index < -0.39 is 0 Å². The number of ether oxygens (including phenoxy) is 1. The second-order valence-corrected chi connectivity index (χ2v) is 6.51. The summed E-state index contributed by atoms with van der Waals surface area (Å²) in [7, 11) is 1.94. The lowest BCUT2D eigenvalue weighted by atomic mass is 9.97. The van der Waals surface area contributed by atoms with Crippen molar-refractivity contribution in [2.45, 2.75) is 52.1 Å². The zero-order valence-electron chi connectivity index (χ0n) is 13.0. The second kappa shape index (κ2) is 6.28. The molecule has 4 nitrogen and oxygen atoms in total. The van der Waals surface area contributed by atoms with E-state index in [0.29, 0.717) is 6.61 Å². The first-order valence-corrected chi connectivity index (χ1v) is 8.71. The highest BCUT2D eigenvalue weighted by Crippen LogP contribution is 2.39. The average molecular weight is 305 g/mol. The zero-order valence-corrected chi connectivity index (χ0v) is 13.8. The Kier molecular flexibility index (Phi) is 4.40. The molecule has 0 amide bonds.